The lowest BCUT2D eigenvalue weighted by Gasteiger charge is -2.32. The Hall–Kier alpha value is -3.35. The molecular formula is C23H24N4O3. The summed E-state index contributed by atoms with van der Waals surface area (Å²) in [6, 6.07) is 13.4. The Morgan fingerprint density at radius 1 is 1.10 bits per heavy atom. The van der Waals surface area contributed by atoms with Crippen LogP contribution in [0.15, 0.2) is 48.7 Å². The first kappa shape index (κ1) is 18.7. The summed E-state index contributed by atoms with van der Waals surface area (Å²) >= 11 is 0. The predicted octanol–water partition coefficient (Wildman–Crippen LogP) is 4.67. The van der Waals surface area contributed by atoms with Crippen LogP contribution in [0.3, 0.4) is 0 Å². The molecule has 2 fully saturated rings. The first-order chi connectivity index (χ1) is 14.6. The first-order valence-electron chi connectivity index (χ1n) is 10.5. The molecule has 0 spiro atoms. The molecule has 2 heterocycles. The van der Waals surface area contributed by atoms with Gasteiger partial charge in [-0.15, -0.1) is 0 Å². The number of likely N-dealkylation sites (tertiary alicyclic amines) is 1. The van der Waals surface area contributed by atoms with Gasteiger partial charge >= 0.3 is 0 Å². The van der Waals surface area contributed by atoms with E-state index >= 15 is 0 Å². The van der Waals surface area contributed by atoms with Gasteiger partial charge in [-0.2, -0.15) is 0 Å². The van der Waals surface area contributed by atoms with E-state index in [2.05, 4.69) is 28.6 Å². The third-order valence-electron chi connectivity index (χ3n) is 6.22. The molecule has 3 aromatic rings. The predicted molar refractivity (Wildman–Crippen MR) is 116 cm³/mol. The lowest BCUT2D eigenvalue weighted by Crippen LogP contribution is -2.37. The number of nitrogens with zero attached hydrogens (tertiary/aromatic N) is 2. The number of hydrogen-bond acceptors (Lipinski definition) is 4. The highest BCUT2D eigenvalue weighted by molar-refractivity contribution is 5.96. The number of piperidine rings is 1. The van der Waals surface area contributed by atoms with Crippen LogP contribution in [0, 0.1) is 10.1 Å². The number of benzene rings is 2. The Balaban J connectivity index is 1.29. The lowest BCUT2D eigenvalue weighted by atomic mass is 9.89. The Kier molecular flexibility index (Phi) is 4.65. The van der Waals surface area contributed by atoms with E-state index in [-0.39, 0.29) is 11.6 Å². The molecule has 0 bridgehead atoms. The van der Waals surface area contributed by atoms with Crippen molar-refractivity contribution in [2.75, 3.05) is 18.4 Å². The Labute approximate surface area is 174 Å². The van der Waals surface area contributed by atoms with E-state index in [1.165, 1.54) is 17.0 Å². The average Bonchev–Trinajstić information content (AvgIpc) is 3.48. The van der Waals surface area contributed by atoms with Crippen molar-refractivity contribution in [1.29, 1.82) is 0 Å². The highest BCUT2D eigenvalue weighted by Crippen LogP contribution is 2.35. The molecule has 1 amide bonds. The number of H-pyrrole nitrogens is 1. The summed E-state index contributed by atoms with van der Waals surface area (Å²) in [4.78, 5) is 29.2. The van der Waals surface area contributed by atoms with E-state index in [0.717, 1.165) is 31.2 Å². The molecule has 0 unspecified atom stereocenters. The van der Waals surface area contributed by atoms with Crippen LogP contribution in [-0.2, 0) is 0 Å². The first-order valence-corrected chi connectivity index (χ1v) is 10.5. The number of aromatic amines is 1. The van der Waals surface area contributed by atoms with E-state index < -0.39 is 4.92 Å². The molecule has 154 valence electrons. The van der Waals surface area contributed by atoms with Crippen LogP contribution in [0.1, 0.15) is 47.5 Å². The van der Waals surface area contributed by atoms with Crippen molar-refractivity contribution in [3.63, 3.8) is 0 Å². The number of amides is 1. The van der Waals surface area contributed by atoms with Gasteiger partial charge < -0.3 is 15.2 Å². The van der Waals surface area contributed by atoms with Crippen LogP contribution in [0.5, 0.6) is 0 Å². The number of carbonyl (C=O) groups excluding carboxylic acids is 1. The highest BCUT2D eigenvalue weighted by Gasteiger charge is 2.29. The van der Waals surface area contributed by atoms with Crippen molar-refractivity contribution in [1.82, 2.24) is 9.88 Å². The summed E-state index contributed by atoms with van der Waals surface area (Å²) in [6.45, 7) is 1.30. The van der Waals surface area contributed by atoms with Gasteiger partial charge in [-0.3, -0.25) is 14.9 Å². The van der Waals surface area contributed by atoms with Crippen LogP contribution >= 0.6 is 0 Å². The molecule has 1 saturated carbocycles. The van der Waals surface area contributed by atoms with Gasteiger partial charge in [0.15, 0.2) is 0 Å². The fourth-order valence-electron chi connectivity index (χ4n) is 4.39. The maximum atomic E-state index is 13.0. The second-order valence-electron chi connectivity index (χ2n) is 8.26. The van der Waals surface area contributed by atoms with Gasteiger partial charge in [0.25, 0.3) is 11.6 Å². The molecular weight excluding hydrogens is 380 g/mol. The molecule has 2 N–H and O–H groups in total. The summed E-state index contributed by atoms with van der Waals surface area (Å²) in [7, 11) is 0. The summed E-state index contributed by atoms with van der Waals surface area (Å²) in [5.41, 5.74) is 3.30. The number of aromatic nitrogens is 1. The average molecular weight is 404 g/mol. The van der Waals surface area contributed by atoms with E-state index in [9.17, 15) is 14.9 Å². The molecule has 2 aromatic carbocycles. The Bertz CT molecular complexity index is 1110. The number of carbonyl (C=O) groups is 1. The van der Waals surface area contributed by atoms with Crippen LogP contribution in [0.4, 0.5) is 11.4 Å². The van der Waals surface area contributed by atoms with Gasteiger partial charge in [-0.05, 0) is 55.4 Å². The summed E-state index contributed by atoms with van der Waals surface area (Å²) < 4.78 is 0. The van der Waals surface area contributed by atoms with Gasteiger partial charge in [0, 0.05) is 47.9 Å². The third kappa shape index (κ3) is 3.51. The normalized spacial score (nSPS) is 17.3. The molecule has 0 radical (unpaired) electrons. The van der Waals surface area contributed by atoms with Crippen molar-refractivity contribution in [2.24, 2.45) is 0 Å². The Morgan fingerprint density at radius 2 is 1.87 bits per heavy atom. The largest absolute Gasteiger partial charge is 0.377 e. The minimum Gasteiger partial charge on any atom is -0.377 e. The number of para-hydroxylation sites is 1. The van der Waals surface area contributed by atoms with Crippen molar-refractivity contribution in [2.45, 2.75) is 37.6 Å². The number of anilines is 1. The number of nitrogens with one attached hydrogen (secondary N) is 2. The number of fused-ring (bicyclic) bond motifs is 1. The van der Waals surface area contributed by atoms with E-state index in [1.54, 1.807) is 12.1 Å². The maximum absolute atomic E-state index is 13.0. The minimum absolute atomic E-state index is 0.0265. The molecule has 1 aliphatic carbocycles. The molecule has 0 atom stereocenters. The van der Waals surface area contributed by atoms with E-state index in [0.29, 0.717) is 36.3 Å². The van der Waals surface area contributed by atoms with Gasteiger partial charge in [0.1, 0.15) is 5.69 Å². The fraction of sp³-hybridized carbons (Fsp3) is 0.348. The maximum Gasteiger partial charge on any atom is 0.293 e. The van der Waals surface area contributed by atoms with Crippen molar-refractivity contribution in [3.05, 3.63) is 69.9 Å². The molecule has 1 saturated heterocycles. The van der Waals surface area contributed by atoms with Crippen LogP contribution < -0.4 is 5.32 Å². The zero-order chi connectivity index (χ0) is 20.7. The van der Waals surface area contributed by atoms with Gasteiger partial charge in [0.2, 0.25) is 0 Å². The van der Waals surface area contributed by atoms with Crippen molar-refractivity contribution < 1.29 is 9.72 Å². The SMILES string of the molecule is O=C(c1ccc(NC2CC2)c([N+](=O)[O-])c1)N1CCC(c2c[nH]c3ccccc23)CC1. The monoisotopic (exact) mass is 404 g/mol. The third-order valence-corrected chi connectivity index (χ3v) is 6.22. The van der Waals surface area contributed by atoms with E-state index in [4.69, 9.17) is 0 Å². The van der Waals surface area contributed by atoms with Crippen molar-refractivity contribution >= 4 is 28.2 Å². The van der Waals surface area contributed by atoms with Gasteiger partial charge in [-0.1, -0.05) is 18.2 Å². The second-order valence-corrected chi connectivity index (χ2v) is 8.26. The molecule has 7 heteroatoms. The summed E-state index contributed by atoms with van der Waals surface area (Å²) in [5, 5.41) is 15.9. The summed E-state index contributed by atoms with van der Waals surface area (Å²) in [6.07, 6.45) is 5.92. The second kappa shape index (κ2) is 7.48. The number of rotatable bonds is 5. The zero-order valence-corrected chi connectivity index (χ0v) is 16.6. The lowest BCUT2D eigenvalue weighted by molar-refractivity contribution is -0.384. The van der Waals surface area contributed by atoms with Crippen LogP contribution in [0.2, 0.25) is 0 Å². The zero-order valence-electron chi connectivity index (χ0n) is 16.6. The molecule has 1 aromatic heterocycles. The number of nitro groups is 1. The molecule has 1 aliphatic heterocycles. The fourth-order valence-corrected chi connectivity index (χ4v) is 4.39. The molecule has 2 aliphatic rings. The number of hydrogen-bond donors (Lipinski definition) is 2. The van der Waals surface area contributed by atoms with Gasteiger partial charge in [0.05, 0.1) is 4.92 Å². The molecule has 7 nitrogen and oxygen atoms in total. The minimum atomic E-state index is -0.412. The molecule has 5 rings (SSSR count). The molecule has 30 heavy (non-hydrogen) atoms. The van der Waals surface area contributed by atoms with Crippen LogP contribution in [-0.4, -0.2) is 39.8 Å². The van der Waals surface area contributed by atoms with Crippen molar-refractivity contribution in [3.8, 4) is 0 Å². The smallest absolute Gasteiger partial charge is 0.293 e. The standard InChI is InChI=1S/C23H24N4O3/c28-23(16-5-8-21(25-17-6-7-17)22(13-16)27(29)30)26-11-9-15(10-12-26)19-14-24-20-4-2-1-3-18(19)20/h1-5,8,13-15,17,24-25H,6-7,9-12H2. The van der Waals surface area contributed by atoms with Gasteiger partial charge in [-0.25, -0.2) is 0 Å². The topological polar surface area (TPSA) is 91.3 Å². The highest BCUT2D eigenvalue weighted by atomic mass is 16.6. The quantitative estimate of drug-likeness (QED) is 0.477. The Morgan fingerprint density at radius 3 is 2.60 bits per heavy atom. The summed E-state index contributed by atoms with van der Waals surface area (Å²) in [5.74, 6) is 0.276. The number of nitro benzene ring substituents is 1. The van der Waals surface area contributed by atoms with E-state index in [1.807, 2.05) is 17.0 Å². The van der Waals surface area contributed by atoms with Crippen LogP contribution in [0.25, 0.3) is 10.9 Å².